The number of benzene rings is 1. The van der Waals surface area contributed by atoms with Gasteiger partial charge in [-0.3, -0.25) is 4.79 Å². The summed E-state index contributed by atoms with van der Waals surface area (Å²) in [6, 6.07) is 12.0. The molecule has 0 spiro atoms. The normalized spacial score (nSPS) is 15.4. The molecule has 1 aliphatic heterocycles. The van der Waals surface area contributed by atoms with Crippen LogP contribution in [0.4, 0.5) is 5.69 Å². The molecule has 0 fully saturated rings. The zero-order chi connectivity index (χ0) is 22.6. The molecule has 0 saturated carbocycles. The van der Waals surface area contributed by atoms with Crippen LogP contribution < -0.4 is 16.2 Å². The Balaban J connectivity index is 1.40. The van der Waals surface area contributed by atoms with Gasteiger partial charge in [0.05, 0.1) is 16.7 Å². The summed E-state index contributed by atoms with van der Waals surface area (Å²) >= 11 is 0. The van der Waals surface area contributed by atoms with Crippen molar-refractivity contribution < 1.29 is 0 Å². The maximum absolute atomic E-state index is 12.2. The number of fused-ring (bicyclic) bond motifs is 3. The minimum absolute atomic E-state index is 0.0160. The summed E-state index contributed by atoms with van der Waals surface area (Å²) in [6.07, 6.45) is 8.00. The van der Waals surface area contributed by atoms with Gasteiger partial charge >= 0.3 is 0 Å². The molecule has 33 heavy (non-hydrogen) atoms. The molecular formula is C25H29N7O. The molecule has 1 aliphatic rings. The van der Waals surface area contributed by atoms with Crippen LogP contribution in [0.2, 0.25) is 0 Å². The molecule has 0 bridgehead atoms. The minimum Gasteiger partial charge on any atom is -0.382 e. The first-order chi connectivity index (χ1) is 16.2. The molecule has 0 saturated heterocycles. The van der Waals surface area contributed by atoms with Gasteiger partial charge in [0.25, 0.3) is 5.56 Å². The van der Waals surface area contributed by atoms with Gasteiger partial charge in [0.15, 0.2) is 0 Å². The highest BCUT2D eigenvalue weighted by molar-refractivity contribution is 5.86. The molecule has 4 aromatic rings. The number of anilines is 1. The average molecular weight is 444 g/mol. The summed E-state index contributed by atoms with van der Waals surface area (Å²) in [5.41, 5.74) is 5.72. The van der Waals surface area contributed by atoms with Crippen molar-refractivity contribution in [2.45, 2.75) is 51.9 Å². The van der Waals surface area contributed by atoms with E-state index in [0.29, 0.717) is 25.6 Å². The van der Waals surface area contributed by atoms with Crippen molar-refractivity contribution >= 4 is 16.7 Å². The Bertz CT molecular complexity index is 1300. The second-order valence-electron chi connectivity index (χ2n) is 8.58. The number of hydrogen-bond donors (Lipinski definition) is 2. The Morgan fingerprint density at radius 1 is 1.18 bits per heavy atom. The number of nitrogens with zero attached hydrogens (tertiary/aromatic N) is 5. The fourth-order valence-electron chi connectivity index (χ4n) is 4.52. The van der Waals surface area contributed by atoms with E-state index >= 15 is 0 Å². The number of imidazole rings is 1. The van der Waals surface area contributed by atoms with E-state index < -0.39 is 0 Å². The van der Waals surface area contributed by atoms with Gasteiger partial charge in [-0.2, -0.15) is 0 Å². The highest BCUT2D eigenvalue weighted by Gasteiger charge is 2.21. The van der Waals surface area contributed by atoms with Crippen molar-refractivity contribution in [3.05, 3.63) is 82.6 Å². The fourth-order valence-corrected chi connectivity index (χ4v) is 4.52. The molecule has 1 aromatic carbocycles. The third kappa shape index (κ3) is 4.66. The number of rotatable bonds is 8. The lowest BCUT2D eigenvalue weighted by atomic mass is 9.98. The Morgan fingerprint density at radius 3 is 2.97 bits per heavy atom. The Labute approximate surface area is 192 Å². The summed E-state index contributed by atoms with van der Waals surface area (Å²) in [5.74, 6) is 1.01. The Hall–Kier alpha value is -3.52. The van der Waals surface area contributed by atoms with Gasteiger partial charge in [-0.05, 0) is 44.0 Å². The second kappa shape index (κ2) is 9.54. The number of pyridine rings is 1. The molecule has 3 aromatic heterocycles. The smallest absolute Gasteiger partial charge is 0.250 e. The zero-order valence-electron chi connectivity index (χ0n) is 18.9. The molecule has 8 nitrogen and oxygen atoms in total. The first-order valence-corrected chi connectivity index (χ1v) is 11.6. The second-order valence-corrected chi connectivity index (χ2v) is 8.58. The first-order valence-electron chi connectivity index (χ1n) is 11.6. The number of aryl methyl sites for hydroxylation is 3. The molecule has 170 valence electrons. The van der Waals surface area contributed by atoms with Crippen molar-refractivity contribution in [1.29, 1.82) is 0 Å². The molecular weight excluding hydrogens is 414 g/mol. The van der Waals surface area contributed by atoms with Gasteiger partial charge < -0.3 is 19.8 Å². The standard InChI is InChI=1S/C25H29N7O/c1-18-5-6-20-21(29-18)7-8-22-25(20)30-23(10-14-31-13-3-2-4-24(31)33)32(22)15-12-26-16-19-9-11-27-17-28-19/h2-4,7-9,11,13,17-18,26,29H,5-6,10,12,14-16H2,1H3/t18-/m0/s1. The van der Waals surface area contributed by atoms with E-state index in [1.807, 2.05) is 18.3 Å². The van der Waals surface area contributed by atoms with Crippen LogP contribution in [0.25, 0.3) is 11.0 Å². The van der Waals surface area contributed by atoms with Crippen molar-refractivity contribution in [2.75, 3.05) is 11.9 Å². The number of hydrogen-bond acceptors (Lipinski definition) is 6. The molecule has 8 heteroatoms. The Kier molecular flexibility index (Phi) is 6.17. The third-order valence-corrected chi connectivity index (χ3v) is 6.27. The predicted molar refractivity (Wildman–Crippen MR) is 129 cm³/mol. The molecule has 0 aliphatic carbocycles. The highest BCUT2D eigenvalue weighted by Crippen LogP contribution is 2.32. The van der Waals surface area contributed by atoms with Crippen LogP contribution in [0.1, 0.15) is 30.4 Å². The van der Waals surface area contributed by atoms with Crippen molar-refractivity contribution in [1.82, 2.24) is 29.4 Å². The minimum atomic E-state index is 0.0160. The SMILES string of the molecule is C[C@H]1CCc2c(ccc3c2nc(CCn2ccccc2=O)n3CCNCc2ccncn2)N1. The summed E-state index contributed by atoms with van der Waals surface area (Å²) < 4.78 is 4.05. The molecule has 0 unspecified atom stereocenters. The molecule has 2 N–H and O–H groups in total. The number of aromatic nitrogens is 5. The van der Waals surface area contributed by atoms with Gasteiger partial charge in [0.1, 0.15) is 12.2 Å². The highest BCUT2D eigenvalue weighted by atomic mass is 16.1. The zero-order valence-corrected chi connectivity index (χ0v) is 18.9. The van der Waals surface area contributed by atoms with Gasteiger partial charge in [0, 0.05) is 68.4 Å². The molecule has 5 rings (SSSR count). The van der Waals surface area contributed by atoms with Gasteiger partial charge in [0.2, 0.25) is 0 Å². The summed E-state index contributed by atoms with van der Waals surface area (Å²) in [6.45, 7) is 5.11. The van der Waals surface area contributed by atoms with Crippen molar-refractivity contribution in [3.63, 3.8) is 0 Å². The van der Waals surface area contributed by atoms with Gasteiger partial charge in [-0.15, -0.1) is 0 Å². The van der Waals surface area contributed by atoms with Crippen LogP contribution in [0, 0.1) is 0 Å². The number of nitrogens with one attached hydrogen (secondary N) is 2. The van der Waals surface area contributed by atoms with E-state index in [2.05, 4.69) is 44.2 Å². The lowest BCUT2D eigenvalue weighted by molar-refractivity contribution is 0.565. The Morgan fingerprint density at radius 2 is 2.12 bits per heavy atom. The maximum Gasteiger partial charge on any atom is 0.250 e. The first kappa shape index (κ1) is 21.3. The lowest BCUT2D eigenvalue weighted by Gasteiger charge is -2.24. The van der Waals surface area contributed by atoms with Crippen LogP contribution >= 0.6 is 0 Å². The molecule has 4 heterocycles. The molecule has 0 radical (unpaired) electrons. The quantitative estimate of drug-likeness (QED) is 0.407. The fraction of sp³-hybridized carbons (Fsp3) is 0.360. The third-order valence-electron chi connectivity index (χ3n) is 6.27. The van der Waals surface area contributed by atoms with Crippen LogP contribution in [-0.2, 0) is 32.5 Å². The van der Waals surface area contributed by atoms with Crippen LogP contribution in [0.15, 0.2) is 59.9 Å². The average Bonchev–Trinajstić information content (AvgIpc) is 3.19. The topological polar surface area (TPSA) is 89.7 Å². The predicted octanol–water partition coefficient (Wildman–Crippen LogP) is 2.77. The van der Waals surface area contributed by atoms with Crippen LogP contribution in [0.3, 0.4) is 0 Å². The van der Waals surface area contributed by atoms with E-state index in [4.69, 9.17) is 4.98 Å². The van der Waals surface area contributed by atoms with Crippen molar-refractivity contribution in [3.8, 4) is 0 Å². The van der Waals surface area contributed by atoms with Crippen molar-refractivity contribution in [2.24, 2.45) is 0 Å². The van der Waals surface area contributed by atoms with E-state index in [1.165, 1.54) is 11.3 Å². The lowest BCUT2D eigenvalue weighted by Crippen LogP contribution is -2.23. The monoisotopic (exact) mass is 443 g/mol. The van der Waals surface area contributed by atoms with Gasteiger partial charge in [-0.25, -0.2) is 15.0 Å². The van der Waals surface area contributed by atoms with Crippen LogP contribution in [0.5, 0.6) is 0 Å². The summed E-state index contributed by atoms with van der Waals surface area (Å²) in [4.78, 5) is 25.5. The van der Waals surface area contributed by atoms with E-state index in [-0.39, 0.29) is 5.56 Å². The molecule has 1 atom stereocenters. The van der Waals surface area contributed by atoms with Crippen LogP contribution in [-0.4, -0.2) is 36.7 Å². The summed E-state index contributed by atoms with van der Waals surface area (Å²) in [7, 11) is 0. The van der Waals surface area contributed by atoms with E-state index in [1.54, 1.807) is 29.2 Å². The summed E-state index contributed by atoms with van der Waals surface area (Å²) in [5, 5.41) is 7.07. The largest absolute Gasteiger partial charge is 0.382 e. The van der Waals surface area contributed by atoms with E-state index in [9.17, 15) is 4.79 Å². The van der Waals surface area contributed by atoms with E-state index in [0.717, 1.165) is 48.5 Å². The maximum atomic E-state index is 12.2. The van der Waals surface area contributed by atoms with Gasteiger partial charge in [-0.1, -0.05) is 6.07 Å². The molecule has 0 amide bonds.